The van der Waals surface area contributed by atoms with E-state index >= 15 is 0 Å². The molecule has 7 heteroatoms. The van der Waals surface area contributed by atoms with Gasteiger partial charge in [0.2, 0.25) is 0 Å². The number of thioether (sulfide) groups is 1. The zero-order valence-corrected chi connectivity index (χ0v) is 11.0. The SMILES string of the molecule is CCCNS(=O)(=O)NC(C)C(CO)SC. The number of hydrogen-bond acceptors (Lipinski definition) is 4. The van der Waals surface area contributed by atoms with Crippen molar-refractivity contribution >= 4 is 22.0 Å². The van der Waals surface area contributed by atoms with Crippen molar-refractivity contribution in [2.45, 2.75) is 31.6 Å². The lowest BCUT2D eigenvalue weighted by Crippen LogP contribution is -2.46. The molecule has 15 heavy (non-hydrogen) atoms. The van der Waals surface area contributed by atoms with E-state index in [0.717, 1.165) is 6.42 Å². The maximum absolute atomic E-state index is 11.4. The molecule has 0 aliphatic carbocycles. The van der Waals surface area contributed by atoms with Crippen LogP contribution in [0.2, 0.25) is 0 Å². The molecule has 2 atom stereocenters. The van der Waals surface area contributed by atoms with E-state index in [4.69, 9.17) is 5.11 Å². The van der Waals surface area contributed by atoms with Crippen LogP contribution in [-0.2, 0) is 10.2 Å². The molecule has 2 unspecified atom stereocenters. The third-order valence-corrected chi connectivity index (χ3v) is 4.35. The molecule has 0 aromatic rings. The number of nitrogens with one attached hydrogen (secondary N) is 2. The van der Waals surface area contributed by atoms with E-state index in [-0.39, 0.29) is 17.9 Å². The van der Waals surface area contributed by atoms with E-state index in [9.17, 15) is 8.42 Å². The van der Waals surface area contributed by atoms with Crippen LogP contribution in [0.25, 0.3) is 0 Å². The second kappa shape index (κ2) is 7.45. The summed E-state index contributed by atoms with van der Waals surface area (Å²) in [5.74, 6) is 0. The summed E-state index contributed by atoms with van der Waals surface area (Å²) in [5, 5.41) is 8.87. The quantitative estimate of drug-likeness (QED) is 0.568. The van der Waals surface area contributed by atoms with Crippen LogP contribution in [0.5, 0.6) is 0 Å². The van der Waals surface area contributed by atoms with Crippen LogP contribution in [0.3, 0.4) is 0 Å². The van der Waals surface area contributed by atoms with Gasteiger partial charge in [-0.1, -0.05) is 6.92 Å². The Morgan fingerprint density at radius 1 is 1.47 bits per heavy atom. The lowest BCUT2D eigenvalue weighted by molar-refractivity contribution is 0.282. The molecule has 0 aromatic carbocycles. The van der Waals surface area contributed by atoms with Gasteiger partial charge in [-0.2, -0.15) is 24.9 Å². The van der Waals surface area contributed by atoms with Gasteiger partial charge in [-0.15, -0.1) is 0 Å². The van der Waals surface area contributed by atoms with E-state index in [0.29, 0.717) is 6.54 Å². The predicted molar refractivity (Wildman–Crippen MR) is 64.2 cm³/mol. The molecule has 0 aromatic heterocycles. The summed E-state index contributed by atoms with van der Waals surface area (Å²) in [5.41, 5.74) is 0. The van der Waals surface area contributed by atoms with Crippen LogP contribution in [0, 0.1) is 0 Å². The summed E-state index contributed by atoms with van der Waals surface area (Å²) in [6.07, 6.45) is 2.59. The van der Waals surface area contributed by atoms with E-state index in [1.54, 1.807) is 6.92 Å². The van der Waals surface area contributed by atoms with Crippen molar-refractivity contribution in [1.29, 1.82) is 0 Å². The molecule has 0 rings (SSSR count). The number of aliphatic hydroxyl groups is 1. The van der Waals surface area contributed by atoms with Crippen LogP contribution in [-0.4, -0.2) is 44.2 Å². The molecular formula is C8H20N2O3S2. The first kappa shape index (κ1) is 15.2. The van der Waals surface area contributed by atoms with E-state index < -0.39 is 10.2 Å². The molecule has 92 valence electrons. The Kier molecular flexibility index (Phi) is 7.54. The highest BCUT2D eigenvalue weighted by Gasteiger charge is 2.20. The van der Waals surface area contributed by atoms with Crippen molar-refractivity contribution < 1.29 is 13.5 Å². The summed E-state index contributed by atoms with van der Waals surface area (Å²) in [4.78, 5) is 0. The van der Waals surface area contributed by atoms with Crippen molar-refractivity contribution in [1.82, 2.24) is 9.44 Å². The van der Waals surface area contributed by atoms with Gasteiger partial charge in [-0.25, -0.2) is 4.72 Å². The third kappa shape index (κ3) is 6.36. The summed E-state index contributed by atoms with van der Waals surface area (Å²) < 4.78 is 27.7. The summed E-state index contributed by atoms with van der Waals surface area (Å²) in [6, 6.07) is -0.292. The van der Waals surface area contributed by atoms with Crippen molar-refractivity contribution in [3.8, 4) is 0 Å². The van der Waals surface area contributed by atoms with Crippen molar-refractivity contribution in [2.75, 3.05) is 19.4 Å². The molecule has 0 spiro atoms. The summed E-state index contributed by atoms with van der Waals surface area (Å²) in [6.45, 7) is 4.01. The molecule has 0 bridgehead atoms. The van der Waals surface area contributed by atoms with Gasteiger partial charge in [0.15, 0.2) is 0 Å². The van der Waals surface area contributed by atoms with Gasteiger partial charge in [-0.3, -0.25) is 0 Å². The summed E-state index contributed by atoms with van der Waals surface area (Å²) >= 11 is 1.44. The lowest BCUT2D eigenvalue weighted by Gasteiger charge is -2.21. The standard InChI is InChI=1S/C8H20N2O3S2/c1-4-5-9-15(12,13)10-7(2)8(6-11)14-3/h7-11H,4-6H2,1-3H3. The fourth-order valence-electron chi connectivity index (χ4n) is 1.04. The largest absolute Gasteiger partial charge is 0.395 e. The molecule has 0 saturated heterocycles. The zero-order valence-electron chi connectivity index (χ0n) is 9.36. The van der Waals surface area contributed by atoms with Crippen LogP contribution in [0.1, 0.15) is 20.3 Å². The van der Waals surface area contributed by atoms with Gasteiger partial charge in [0.05, 0.1) is 6.61 Å². The van der Waals surface area contributed by atoms with Crippen molar-refractivity contribution in [3.05, 3.63) is 0 Å². The van der Waals surface area contributed by atoms with Crippen molar-refractivity contribution in [2.24, 2.45) is 0 Å². The van der Waals surface area contributed by atoms with Gasteiger partial charge in [0, 0.05) is 17.8 Å². The lowest BCUT2D eigenvalue weighted by atomic mass is 10.3. The Labute approximate surface area is 96.2 Å². The fraction of sp³-hybridized carbons (Fsp3) is 1.00. The molecule has 0 amide bonds. The van der Waals surface area contributed by atoms with Gasteiger partial charge in [0.1, 0.15) is 0 Å². The highest BCUT2D eigenvalue weighted by Crippen LogP contribution is 2.10. The predicted octanol–water partition coefficient (Wildman–Crippen LogP) is -0.0672. The summed E-state index contributed by atoms with van der Waals surface area (Å²) in [7, 11) is -3.43. The minimum absolute atomic E-state index is 0.0430. The van der Waals surface area contributed by atoms with Crippen molar-refractivity contribution in [3.63, 3.8) is 0 Å². The molecule has 5 nitrogen and oxygen atoms in total. The first-order chi connectivity index (χ1) is 6.96. The van der Waals surface area contributed by atoms with Crippen LogP contribution in [0.15, 0.2) is 0 Å². The molecule has 0 aliphatic heterocycles. The second-order valence-corrected chi connectivity index (χ2v) is 5.87. The minimum atomic E-state index is -3.43. The van der Waals surface area contributed by atoms with Crippen LogP contribution in [0.4, 0.5) is 0 Å². The molecule has 0 aliphatic rings. The highest BCUT2D eigenvalue weighted by molar-refractivity contribution is 7.99. The first-order valence-corrected chi connectivity index (χ1v) is 7.64. The van der Waals surface area contributed by atoms with Gasteiger partial charge >= 0.3 is 0 Å². The molecule has 0 fully saturated rings. The highest BCUT2D eigenvalue weighted by atomic mass is 32.2. The Bertz CT molecular complexity index is 253. The minimum Gasteiger partial charge on any atom is -0.395 e. The molecule has 3 N–H and O–H groups in total. The average molecular weight is 256 g/mol. The molecule has 0 heterocycles. The van der Waals surface area contributed by atoms with Crippen LogP contribution >= 0.6 is 11.8 Å². The smallest absolute Gasteiger partial charge is 0.277 e. The Hall–Kier alpha value is 0.180. The number of aliphatic hydroxyl groups excluding tert-OH is 1. The van der Waals surface area contributed by atoms with Gasteiger partial charge in [-0.05, 0) is 19.6 Å². The van der Waals surface area contributed by atoms with Crippen LogP contribution < -0.4 is 9.44 Å². The van der Waals surface area contributed by atoms with Gasteiger partial charge < -0.3 is 5.11 Å². The van der Waals surface area contributed by atoms with E-state index in [1.807, 2.05) is 13.2 Å². The Morgan fingerprint density at radius 3 is 2.47 bits per heavy atom. The maximum Gasteiger partial charge on any atom is 0.277 e. The zero-order chi connectivity index (χ0) is 11.9. The molecule has 0 saturated carbocycles. The topological polar surface area (TPSA) is 78.4 Å². The van der Waals surface area contributed by atoms with E-state index in [1.165, 1.54) is 11.8 Å². The molecule has 0 radical (unpaired) electrons. The second-order valence-electron chi connectivity index (χ2n) is 3.26. The van der Waals surface area contributed by atoms with Gasteiger partial charge in [0.25, 0.3) is 10.2 Å². The monoisotopic (exact) mass is 256 g/mol. The number of hydrogen-bond donors (Lipinski definition) is 3. The first-order valence-electron chi connectivity index (χ1n) is 4.87. The van der Waals surface area contributed by atoms with E-state index in [2.05, 4.69) is 9.44 Å². The Balaban J connectivity index is 4.19. The molecular weight excluding hydrogens is 236 g/mol. The Morgan fingerprint density at radius 2 is 2.07 bits per heavy atom. The maximum atomic E-state index is 11.4. The average Bonchev–Trinajstić information content (AvgIpc) is 2.16. The normalized spacial score (nSPS) is 16.3. The fourth-order valence-corrected chi connectivity index (χ4v) is 2.96. The third-order valence-electron chi connectivity index (χ3n) is 1.92. The number of rotatable bonds is 8.